The molecule has 0 bridgehead atoms. The second kappa shape index (κ2) is 16.6. The maximum atomic E-state index is 6.58. The van der Waals surface area contributed by atoms with Crippen LogP contribution < -0.4 is 19.9 Å². The second-order valence-corrected chi connectivity index (χ2v) is 13.3. The van der Waals surface area contributed by atoms with E-state index in [0.29, 0.717) is 40.5 Å². The zero-order chi connectivity index (χ0) is 35.1. The van der Waals surface area contributed by atoms with Crippen LogP contribution in [0, 0.1) is 0 Å². The monoisotopic (exact) mass is 741 g/mol. The van der Waals surface area contributed by atoms with Crippen LogP contribution in [0.5, 0.6) is 5.75 Å². The van der Waals surface area contributed by atoms with Gasteiger partial charge in [0, 0.05) is 75.1 Å². The van der Waals surface area contributed by atoms with E-state index in [1.807, 2.05) is 30.1 Å². The first-order chi connectivity index (χ1) is 24.2. The van der Waals surface area contributed by atoms with Gasteiger partial charge in [0.05, 0.1) is 18.2 Å². The summed E-state index contributed by atoms with van der Waals surface area (Å²) in [5.74, 6) is -0.400. The van der Waals surface area contributed by atoms with Gasteiger partial charge >= 0.3 is 0 Å². The van der Waals surface area contributed by atoms with Gasteiger partial charge in [0.2, 0.25) is 5.79 Å². The van der Waals surface area contributed by atoms with E-state index >= 15 is 0 Å². The first-order valence-corrected chi connectivity index (χ1v) is 17.4. The molecule has 266 valence electrons. The maximum Gasteiger partial charge on any atom is 0.217 e. The molecule has 6 rings (SSSR count). The minimum atomic E-state index is -1.16. The van der Waals surface area contributed by atoms with Crippen molar-refractivity contribution in [2.75, 3.05) is 82.3 Å². The van der Waals surface area contributed by atoms with Crippen LogP contribution in [-0.2, 0) is 31.3 Å². The number of likely N-dealkylation sites (N-methyl/N-ethyl adjacent to an activating group) is 1. The Kier molecular flexibility index (Phi) is 12.0. The Morgan fingerprint density at radius 1 is 1.00 bits per heavy atom. The molecule has 0 aliphatic carbocycles. The number of rotatable bonds is 13. The summed E-state index contributed by atoms with van der Waals surface area (Å²) in [5, 5.41) is 9.10. The molecule has 0 amide bonds. The summed E-state index contributed by atoms with van der Waals surface area (Å²) in [7, 11) is 5.13. The molecule has 2 saturated heterocycles. The average molecular weight is 743 g/mol. The highest BCUT2D eigenvalue weighted by atomic mass is 35.5. The molecule has 50 heavy (non-hydrogen) atoms. The number of piperazine rings is 1. The van der Waals surface area contributed by atoms with Gasteiger partial charge in [-0.25, -0.2) is 9.67 Å². The number of hydrogen-bond acceptors (Lipinski definition) is 10. The summed E-state index contributed by atoms with van der Waals surface area (Å²) in [6.45, 7) is 5.06. The number of ether oxygens (including phenoxy) is 5. The molecule has 2 aliphatic rings. The molecule has 0 radical (unpaired) electrons. The lowest BCUT2D eigenvalue weighted by molar-refractivity contribution is -0.190. The van der Waals surface area contributed by atoms with E-state index in [2.05, 4.69) is 61.6 Å². The summed E-state index contributed by atoms with van der Waals surface area (Å²) in [4.78, 5) is 10.7. The maximum absolute atomic E-state index is 6.58. The molecule has 2 aliphatic heterocycles. The first-order valence-electron chi connectivity index (χ1n) is 16.3. The van der Waals surface area contributed by atoms with Gasteiger partial charge in [-0.3, -0.25) is 0 Å². The largest absolute Gasteiger partial charge is 0.491 e. The predicted octanol–water partition coefficient (Wildman–Crippen LogP) is 5.51. The van der Waals surface area contributed by atoms with Crippen LogP contribution in [0.25, 0.3) is 0 Å². The lowest BCUT2D eigenvalue weighted by Gasteiger charge is -2.37. The van der Waals surface area contributed by atoms with E-state index in [1.165, 1.54) is 12.0 Å². The van der Waals surface area contributed by atoms with Crippen LogP contribution in [0.15, 0.2) is 79.4 Å². The quantitative estimate of drug-likeness (QED) is 0.138. The number of methoxy groups -OCH3 is 2. The van der Waals surface area contributed by atoms with Crippen molar-refractivity contribution in [3.8, 4) is 5.75 Å². The zero-order valence-electron chi connectivity index (χ0n) is 28.2. The molecule has 3 aromatic carbocycles. The highest BCUT2D eigenvalue weighted by molar-refractivity contribution is 7.80. The number of anilines is 3. The molecule has 15 heteroatoms. The lowest BCUT2D eigenvalue weighted by atomic mass is 10.1. The second-order valence-electron chi connectivity index (χ2n) is 12.1. The van der Waals surface area contributed by atoms with E-state index in [0.717, 1.165) is 43.3 Å². The number of nitrogens with zero attached hydrogens (tertiary/aromatic N) is 6. The molecule has 0 spiro atoms. The summed E-state index contributed by atoms with van der Waals surface area (Å²) >= 11 is 18.3. The number of halogens is 2. The van der Waals surface area contributed by atoms with Crippen molar-refractivity contribution in [2.45, 2.75) is 24.7 Å². The number of hydrogen-bond donors (Lipinski definition) is 1. The number of thiocarbonyl (C=S) groups is 1. The fraction of sp³-hybridized carbons (Fsp3) is 0.400. The third-order valence-corrected chi connectivity index (χ3v) is 9.70. The van der Waals surface area contributed by atoms with E-state index in [4.69, 9.17) is 59.1 Å². The van der Waals surface area contributed by atoms with Gasteiger partial charge in [-0.1, -0.05) is 29.3 Å². The summed E-state index contributed by atoms with van der Waals surface area (Å²) in [6.07, 6.45) is 2.40. The lowest BCUT2D eigenvalue weighted by Crippen LogP contribution is -2.46. The Morgan fingerprint density at radius 3 is 2.26 bits per heavy atom. The zero-order valence-corrected chi connectivity index (χ0v) is 30.5. The van der Waals surface area contributed by atoms with Gasteiger partial charge in [0.25, 0.3) is 0 Å². The van der Waals surface area contributed by atoms with E-state index in [1.54, 1.807) is 37.4 Å². The number of nitrogens with one attached hydrogen (secondary N) is 1. The molecule has 0 saturated carbocycles. The topological polar surface area (TPSA) is 98.6 Å². The van der Waals surface area contributed by atoms with E-state index in [9.17, 15) is 0 Å². The standard InChI is InChI=1S/C35H41Cl2N7O5S/c1-41(19-33(45-2)46-3)34(50)40-26-5-7-27(8-6-26)42-14-16-43(17-15-42)28-9-11-29(12-10-28)47-20-30-21-48-35(49-30,22-44-24-38-23-39-44)31-13-4-25(36)18-32(31)37/h4-13,18,23-24,30,33H,14-17,19-22H2,1-3H3,(H,40,50)/t30-,35-/m1/s1. The highest BCUT2D eigenvalue weighted by Gasteiger charge is 2.45. The van der Waals surface area contributed by atoms with Crippen LogP contribution in [0.2, 0.25) is 10.0 Å². The molecule has 12 nitrogen and oxygen atoms in total. The van der Waals surface area contributed by atoms with Crippen molar-refractivity contribution in [1.82, 2.24) is 19.7 Å². The van der Waals surface area contributed by atoms with Crippen molar-refractivity contribution in [3.63, 3.8) is 0 Å². The fourth-order valence-electron chi connectivity index (χ4n) is 5.97. The van der Waals surface area contributed by atoms with Crippen LogP contribution >= 0.6 is 35.4 Å². The van der Waals surface area contributed by atoms with Crippen molar-refractivity contribution in [1.29, 1.82) is 0 Å². The third-order valence-electron chi connectivity index (χ3n) is 8.73. The summed E-state index contributed by atoms with van der Waals surface area (Å²) < 4.78 is 31.1. The van der Waals surface area contributed by atoms with Crippen LogP contribution in [-0.4, -0.2) is 104 Å². The van der Waals surface area contributed by atoms with Crippen LogP contribution in [0.3, 0.4) is 0 Å². The Labute approximate surface area is 307 Å². The average Bonchev–Trinajstić information content (AvgIpc) is 3.80. The SMILES string of the molecule is COC(CN(C)C(=S)Nc1ccc(N2CCN(c3ccc(OC[C@@H]4CO[C@@](Cn5cncn5)(c5ccc(Cl)cc5Cl)O4)cc3)CC2)cc1)OC. The number of benzene rings is 3. The van der Waals surface area contributed by atoms with Crippen molar-refractivity contribution >= 4 is 57.6 Å². The molecular weight excluding hydrogens is 701 g/mol. The first kappa shape index (κ1) is 36.1. The Morgan fingerprint density at radius 2 is 1.66 bits per heavy atom. The van der Waals surface area contributed by atoms with Gasteiger partial charge in [-0.15, -0.1) is 0 Å². The minimum Gasteiger partial charge on any atom is -0.491 e. The van der Waals surface area contributed by atoms with Crippen molar-refractivity contribution in [3.05, 3.63) is 95.0 Å². The fourth-order valence-corrected chi connectivity index (χ4v) is 6.72. The molecule has 1 N–H and O–H groups in total. The Balaban J connectivity index is 0.978. The normalized spacial score (nSPS) is 19.2. The van der Waals surface area contributed by atoms with E-state index in [-0.39, 0.29) is 18.9 Å². The molecule has 2 fully saturated rings. The Bertz CT molecular complexity index is 1690. The minimum absolute atomic E-state index is 0.271. The molecular formula is C35H41Cl2N7O5S. The summed E-state index contributed by atoms with van der Waals surface area (Å²) in [5.41, 5.74) is 3.94. The third kappa shape index (κ3) is 8.78. The van der Waals surface area contributed by atoms with Crippen LogP contribution in [0.4, 0.5) is 17.1 Å². The van der Waals surface area contributed by atoms with Gasteiger partial charge in [-0.2, -0.15) is 5.10 Å². The molecule has 3 heterocycles. The summed E-state index contributed by atoms with van der Waals surface area (Å²) in [6, 6.07) is 21.8. The van der Waals surface area contributed by atoms with E-state index < -0.39 is 5.79 Å². The predicted molar refractivity (Wildman–Crippen MR) is 198 cm³/mol. The van der Waals surface area contributed by atoms with Crippen molar-refractivity contribution < 1.29 is 23.7 Å². The Hall–Kier alpha value is -3.69. The van der Waals surface area contributed by atoms with Crippen molar-refractivity contribution in [2.24, 2.45) is 0 Å². The van der Waals surface area contributed by atoms with Crippen LogP contribution in [0.1, 0.15) is 5.56 Å². The van der Waals surface area contributed by atoms with Gasteiger partial charge in [-0.05, 0) is 72.9 Å². The highest BCUT2D eigenvalue weighted by Crippen LogP contribution is 2.40. The number of aromatic nitrogens is 3. The molecule has 4 aromatic rings. The van der Waals surface area contributed by atoms with Gasteiger partial charge in [0.1, 0.15) is 37.7 Å². The molecule has 1 aromatic heterocycles. The molecule has 2 atom stereocenters. The molecule has 0 unspecified atom stereocenters. The van der Waals surface area contributed by atoms with Gasteiger partial charge in [0.15, 0.2) is 11.4 Å². The smallest absolute Gasteiger partial charge is 0.217 e. The van der Waals surface area contributed by atoms with Gasteiger partial charge < -0.3 is 43.7 Å².